The van der Waals surface area contributed by atoms with E-state index < -0.39 is 8.25 Å². The van der Waals surface area contributed by atoms with Gasteiger partial charge in [-0.3, -0.25) is 0 Å². The van der Waals surface area contributed by atoms with Gasteiger partial charge in [-0.05, 0) is 0 Å². The SMILES string of the molecule is C=CO[P+](=O)O.c1ccccc1. The summed E-state index contributed by atoms with van der Waals surface area (Å²) in [6.45, 7) is 3.03. The lowest BCUT2D eigenvalue weighted by atomic mass is 10.4. The van der Waals surface area contributed by atoms with Gasteiger partial charge in [0, 0.05) is 4.57 Å². The summed E-state index contributed by atoms with van der Waals surface area (Å²) < 4.78 is 13.3. The molecule has 0 heterocycles. The van der Waals surface area contributed by atoms with Gasteiger partial charge in [0.2, 0.25) is 0 Å². The van der Waals surface area contributed by atoms with Gasteiger partial charge in [-0.25, -0.2) is 4.52 Å². The van der Waals surface area contributed by atoms with Crippen molar-refractivity contribution < 1.29 is 14.0 Å². The molecule has 0 aliphatic rings. The van der Waals surface area contributed by atoms with Gasteiger partial charge in [0.15, 0.2) is 0 Å². The average Bonchev–Trinajstić information content (AvgIpc) is 2.08. The average molecular weight is 185 g/mol. The van der Waals surface area contributed by atoms with E-state index in [0.29, 0.717) is 0 Å². The highest BCUT2D eigenvalue weighted by molar-refractivity contribution is 7.32. The smallest absolute Gasteiger partial charge is 0.238 e. The van der Waals surface area contributed by atoms with Crippen LogP contribution < -0.4 is 0 Å². The summed E-state index contributed by atoms with van der Waals surface area (Å²) in [5, 5.41) is 0. The van der Waals surface area contributed by atoms with Crippen molar-refractivity contribution in [3.63, 3.8) is 0 Å². The summed E-state index contributed by atoms with van der Waals surface area (Å²) in [4.78, 5) is 7.77. The Hall–Kier alpha value is -1.18. The molecule has 0 aromatic heterocycles. The number of rotatable bonds is 2. The lowest BCUT2D eigenvalue weighted by Crippen LogP contribution is -1.55. The van der Waals surface area contributed by atoms with Gasteiger partial charge in [0.1, 0.15) is 6.26 Å². The molecule has 0 fully saturated rings. The molecule has 0 amide bonds. The van der Waals surface area contributed by atoms with Crippen molar-refractivity contribution in [1.29, 1.82) is 0 Å². The van der Waals surface area contributed by atoms with Gasteiger partial charge < -0.3 is 0 Å². The summed E-state index contributed by atoms with van der Waals surface area (Å²) in [5.41, 5.74) is 0. The van der Waals surface area contributed by atoms with E-state index in [1.165, 1.54) is 0 Å². The minimum absolute atomic E-state index is 0.915. The molecule has 0 spiro atoms. The Morgan fingerprint density at radius 1 is 1.17 bits per heavy atom. The summed E-state index contributed by atoms with van der Waals surface area (Å²) >= 11 is 0. The van der Waals surface area contributed by atoms with Crippen LogP contribution in [0, 0.1) is 0 Å². The van der Waals surface area contributed by atoms with E-state index in [2.05, 4.69) is 11.1 Å². The second-order valence-corrected chi connectivity index (χ2v) is 2.35. The largest absolute Gasteiger partial charge is 0.746 e. The molecule has 1 unspecified atom stereocenters. The second-order valence-electron chi connectivity index (χ2n) is 1.66. The van der Waals surface area contributed by atoms with Crippen molar-refractivity contribution in [2.45, 2.75) is 0 Å². The van der Waals surface area contributed by atoms with E-state index >= 15 is 0 Å². The molecule has 3 nitrogen and oxygen atoms in total. The lowest BCUT2D eigenvalue weighted by molar-refractivity contribution is 0.379. The van der Waals surface area contributed by atoms with Crippen LogP contribution in [0.15, 0.2) is 49.2 Å². The zero-order valence-electron chi connectivity index (χ0n) is 6.46. The molecule has 0 saturated carbocycles. The fourth-order valence-electron chi connectivity index (χ4n) is 0.449. The first kappa shape index (κ1) is 10.8. The molecule has 1 atom stereocenters. The van der Waals surface area contributed by atoms with Crippen LogP contribution in [0.2, 0.25) is 0 Å². The monoisotopic (exact) mass is 185 g/mol. The van der Waals surface area contributed by atoms with Crippen LogP contribution in [0.25, 0.3) is 0 Å². The predicted octanol–water partition coefficient (Wildman–Crippen LogP) is 2.48. The van der Waals surface area contributed by atoms with Gasteiger partial charge in [0.05, 0.1) is 0 Å². The minimum atomic E-state index is -2.47. The summed E-state index contributed by atoms with van der Waals surface area (Å²) in [7, 11) is -2.47. The van der Waals surface area contributed by atoms with E-state index in [9.17, 15) is 4.57 Å². The maximum absolute atomic E-state index is 9.45. The molecule has 0 aliphatic carbocycles. The van der Waals surface area contributed by atoms with Crippen molar-refractivity contribution in [2.24, 2.45) is 0 Å². The van der Waals surface area contributed by atoms with Crippen molar-refractivity contribution >= 4 is 8.25 Å². The fraction of sp³-hybridized carbons (Fsp3) is 0. The zero-order chi connectivity index (χ0) is 9.23. The van der Waals surface area contributed by atoms with Crippen molar-refractivity contribution in [2.75, 3.05) is 0 Å². The zero-order valence-corrected chi connectivity index (χ0v) is 7.35. The number of hydrogen-bond donors (Lipinski definition) is 1. The van der Waals surface area contributed by atoms with Gasteiger partial charge in [-0.1, -0.05) is 43.0 Å². The Balaban J connectivity index is 0.000000202. The van der Waals surface area contributed by atoms with Gasteiger partial charge in [0.25, 0.3) is 0 Å². The summed E-state index contributed by atoms with van der Waals surface area (Å²) in [5.74, 6) is 0. The standard InChI is InChI=1S/C6H6.C2H3O3P/c1-2-4-6-5-3-1;1-2-5-6(3)4/h1-6H;2H,1H2/p+1. The van der Waals surface area contributed by atoms with E-state index in [1.54, 1.807) is 0 Å². The third-order valence-corrected chi connectivity index (χ3v) is 1.16. The first-order chi connectivity index (χ1) is 5.77. The molecular formula is C8H10O3P+. The van der Waals surface area contributed by atoms with Gasteiger partial charge >= 0.3 is 8.25 Å². The van der Waals surface area contributed by atoms with Gasteiger partial charge in [-0.2, -0.15) is 0 Å². The Kier molecular flexibility index (Phi) is 7.14. The molecule has 1 rings (SSSR count). The molecule has 1 aromatic rings. The fourth-order valence-corrected chi connectivity index (χ4v) is 0.576. The Morgan fingerprint density at radius 3 is 1.58 bits per heavy atom. The molecule has 0 saturated heterocycles. The maximum atomic E-state index is 9.45. The molecule has 1 aromatic carbocycles. The minimum Gasteiger partial charge on any atom is -0.238 e. The molecule has 0 bridgehead atoms. The highest BCUT2D eigenvalue weighted by Crippen LogP contribution is 2.12. The van der Waals surface area contributed by atoms with Crippen molar-refractivity contribution in [3.05, 3.63) is 49.2 Å². The van der Waals surface area contributed by atoms with Crippen LogP contribution in [-0.4, -0.2) is 4.89 Å². The first-order valence-corrected chi connectivity index (χ1v) is 4.34. The Morgan fingerprint density at radius 2 is 1.50 bits per heavy atom. The highest BCUT2D eigenvalue weighted by atomic mass is 31.1. The molecule has 64 valence electrons. The Labute approximate surface area is 72.3 Å². The maximum Gasteiger partial charge on any atom is 0.746 e. The van der Waals surface area contributed by atoms with E-state index in [1.807, 2.05) is 36.4 Å². The van der Waals surface area contributed by atoms with Crippen LogP contribution in [0.1, 0.15) is 0 Å². The van der Waals surface area contributed by atoms with Crippen LogP contribution in [-0.2, 0) is 9.09 Å². The molecule has 12 heavy (non-hydrogen) atoms. The van der Waals surface area contributed by atoms with E-state index in [0.717, 1.165) is 6.26 Å². The van der Waals surface area contributed by atoms with E-state index in [4.69, 9.17) is 4.89 Å². The number of hydrogen-bond acceptors (Lipinski definition) is 2. The third kappa shape index (κ3) is 8.82. The first-order valence-electron chi connectivity index (χ1n) is 3.21. The topological polar surface area (TPSA) is 46.5 Å². The van der Waals surface area contributed by atoms with Gasteiger partial charge in [-0.15, -0.1) is 4.89 Å². The van der Waals surface area contributed by atoms with Crippen LogP contribution in [0.4, 0.5) is 0 Å². The van der Waals surface area contributed by atoms with E-state index in [-0.39, 0.29) is 0 Å². The Bertz CT molecular complexity index is 196. The second kappa shape index (κ2) is 7.92. The summed E-state index contributed by atoms with van der Waals surface area (Å²) in [6.07, 6.45) is 0.915. The van der Waals surface area contributed by atoms with Crippen molar-refractivity contribution in [1.82, 2.24) is 0 Å². The van der Waals surface area contributed by atoms with Crippen LogP contribution in [0.5, 0.6) is 0 Å². The predicted molar refractivity (Wildman–Crippen MR) is 47.5 cm³/mol. The molecule has 0 aliphatic heterocycles. The molecule has 0 radical (unpaired) electrons. The third-order valence-electron chi connectivity index (χ3n) is 0.831. The summed E-state index contributed by atoms with van der Waals surface area (Å²) in [6, 6.07) is 12.0. The van der Waals surface area contributed by atoms with Crippen LogP contribution in [0.3, 0.4) is 0 Å². The van der Waals surface area contributed by atoms with Crippen molar-refractivity contribution in [3.8, 4) is 0 Å². The number of benzene rings is 1. The molecular weight excluding hydrogens is 175 g/mol. The van der Waals surface area contributed by atoms with Crippen LogP contribution >= 0.6 is 8.25 Å². The molecule has 4 heteroatoms. The normalized spacial score (nSPS) is 8.92. The lowest BCUT2D eigenvalue weighted by Gasteiger charge is -1.69. The highest BCUT2D eigenvalue weighted by Gasteiger charge is 2.05. The quantitative estimate of drug-likeness (QED) is 0.568. The molecule has 1 N–H and O–H groups in total.